The molecule has 0 bridgehead atoms. The second-order valence-corrected chi connectivity index (χ2v) is 4.79. The average Bonchev–Trinajstić information content (AvgIpc) is 2.32. The third-order valence-electron chi connectivity index (χ3n) is 2.90. The highest BCUT2D eigenvalue weighted by Crippen LogP contribution is 2.16. The maximum absolute atomic E-state index is 8.57. The molecule has 3 nitrogen and oxygen atoms in total. The lowest BCUT2D eigenvalue weighted by Gasteiger charge is -2.15. The summed E-state index contributed by atoms with van der Waals surface area (Å²) >= 11 is 0. The van der Waals surface area contributed by atoms with Gasteiger partial charge in [-0.05, 0) is 39.3 Å². The van der Waals surface area contributed by atoms with Crippen LogP contribution in [0.5, 0.6) is 0 Å². The van der Waals surface area contributed by atoms with E-state index >= 15 is 0 Å². The highest BCUT2D eigenvalue weighted by atomic mass is 16.5. The number of aliphatic hydroxyl groups is 1. The van der Waals surface area contributed by atoms with Gasteiger partial charge in [-0.2, -0.15) is 0 Å². The van der Waals surface area contributed by atoms with Crippen LogP contribution in [0.2, 0.25) is 0 Å². The van der Waals surface area contributed by atoms with E-state index in [4.69, 9.17) is 9.84 Å². The lowest BCUT2D eigenvalue weighted by Crippen LogP contribution is -2.21. The number of aryl methyl sites for hydroxylation is 2. The van der Waals surface area contributed by atoms with Crippen LogP contribution in [0.1, 0.15) is 36.1 Å². The van der Waals surface area contributed by atoms with E-state index in [9.17, 15) is 0 Å². The fourth-order valence-corrected chi connectivity index (χ4v) is 2.04. The van der Waals surface area contributed by atoms with E-state index in [1.807, 2.05) is 0 Å². The fraction of sp³-hybridized carbons (Fsp3) is 0.600. The third-order valence-corrected chi connectivity index (χ3v) is 2.90. The van der Waals surface area contributed by atoms with Gasteiger partial charge in [0.15, 0.2) is 0 Å². The zero-order valence-corrected chi connectivity index (χ0v) is 11.7. The van der Waals surface area contributed by atoms with Crippen LogP contribution < -0.4 is 5.32 Å². The van der Waals surface area contributed by atoms with E-state index in [0.717, 1.165) is 13.0 Å². The minimum Gasteiger partial charge on any atom is -0.394 e. The monoisotopic (exact) mass is 251 g/mol. The number of aliphatic hydroxyl groups excluding tert-OH is 1. The summed E-state index contributed by atoms with van der Waals surface area (Å²) in [7, 11) is 0. The van der Waals surface area contributed by atoms with Crippen LogP contribution in [-0.4, -0.2) is 31.5 Å². The molecule has 0 aliphatic heterocycles. The van der Waals surface area contributed by atoms with Gasteiger partial charge in [0.05, 0.1) is 13.2 Å². The maximum Gasteiger partial charge on any atom is 0.0697 e. The molecule has 18 heavy (non-hydrogen) atoms. The first-order valence-electron chi connectivity index (χ1n) is 6.63. The van der Waals surface area contributed by atoms with Crippen molar-refractivity contribution in [2.75, 3.05) is 26.4 Å². The topological polar surface area (TPSA) is 41.5 Å². The van der Waals surface area contributed by atoms with Crippen molar-refractivity contribution in [3.8, 4) is 0 Å². The zero-order chi connectivity index (χ0) is 13.4. The molecule has 1 rings (SSSR count). The van der Waals surface area contributed by atoms with Gasteiger partial charge in [0.2, 0.25) is 0 Å². The Labute approximate surface area is 110 Å². The summed E-state index contributed by atoms with van der Waals surface area (Å²) in [5.74, 6) is 0. The summed E-state index contributed by atoms with van der Waals surface area (Å²) in [6, 6.07) is 7.01. The summed E-state index contributed by atoms with van der Waals surface area (Å²) in [6.45, 7) is 8.62. The van der Waals surface area contributed by atoms with E-state index in [1.54, 1.807) is 0 Å². The lowest BCUT2D eigenvalue weighted by atomic mass is 10.0. The number of hydrogen-bond donors (Lipinski definition) is 2. The van der Waals surface area contributed by atoms with Crippen molar-refractivity contribution >= 4 is 0 Å². The molecule has 3 heteroatoms. The van der Waals surface area contributed by atoms with Crippen molar-refractivity contribution in [1.29, 1.82) is 0 Å². The van der Waals surface area contributed by atoms with Crippen LogP contribution in [0.3, 0.4) is 0 Å². The molecule has 2 N–H and O–H groups in total. The van der Waals surface area contributed by atoms with E-state index in [-0.39, 0.29) is 6.61 Å². The van der Waals surface area contributed by atoms with Crippen LogP contribution in [-0.2, 0) is 4.74 Å². The molecule has 0 heterocycles. The largest absolute Gasteiger partial charge is 0.394 e. The molecule has 0 fully saturated rings. The van der Waals surface area contributed by atoms with Gasteiger partial charge in [-0.25, -0.2) is 0 Å². The van der Waals surface area contributed by atoms with Crippen LogP contribution in [0.4, 0.5) is 0 Å². The summed E-state index contributed by atoms with van der Waals surface area (Å²) in [5.41, 5.74) is 3.96. The smallest absolute Gasteiger partial charge is 0.0697 e. The van der Waals surface area contributed by atoms with Gasteiger partial charge < -0.3 is 15.2 Å². The minimum atomic E-state index is 0.104. The molecule has 102 valence electrons. The Kier molecular flexibility index (Phi) is 6.94. The molecule has 0 amide bonds. The Hall–Kier alpha value is -0.900. The summed E-state index contributed by atoms with van der Waals surface area (Å²) in [6.07, 6.45) is 0.967. The molecule has 0 aliphatic rings. The summed E-state index contributed by atoms with van der Waals surface area (Å²) in [4.78, 5) is 0. The fourth-order valence-electron chi connectivity index (χ4n) is 2.04. The molecule has 1 aromatic carbocycles. The number of hydrogen-bond acceptors (Lipinski definition) is 3. The second kappa shape index (κ2) is 8.25. The van der Waals surface area contributed by atoms with Crippen molar-refractivity contribution in [3.63, 3.8) is 0 Å². The minimum absolute atomic E-state index is 0.104. The summed E-state index contributed by atoms with van der Waals surface area (Å²) in [5, 5.41) is 12.1. The predicted octanol–water partition coefficient (Wildman–Crippen LogP) is 2.35. The number of benzene rings is 1. The first kappa shape index (κ1) is 15.2. The lowest BCUT2D eigenvalue weighted by molar-refractivity contribution is 0.0904. The Bertz CT molecular complexity index is 332. The Morgan fingerprint density at radius 2 is 1.83 bits per heavy atom. The molecular formula is C15H25NO2. The van der Waals surface area contributed by atoms with Crippen molar-refractivity contribution < 1.29 is 9.84 Å². The van der Waals surface area contributed by atoms with Gasteiger partial charge in [0, 0.05) is 12.6 Å². The zero-order valence-electron chi connectivity index (χ0n) is 11.7. The van der Waals surface area contributed by atoms with Gasteiger partial charge in [-0.3, -0.25) is 0 Å². The second-order valence-electron chi connectivity index (χ2n) is 4.79. The molecule has 1 aromatic rings. The van der Waals surface area contributed by atoms with Crippen molar-refractivity contribution in [1.82, 2.24) is 5.32 Å². The normalized spacial score (nSPS) is 12.7. The maximum atomic E-state index is 8.57. The molecular weight excluding hydrogens is 226 g/mol. The van der Waals surface area contributed by atoms with Gasteiger partial charge in [0.1, 0.15) is 0 Å². The van der Waals surface area contributed by atoms with Crippen LogP contribution >= 0.6 is 0 Å². The average molecular weight is 251 g/mol. The molecule has 1 unspecified atom stereocenters. The van der Waals surface area contributed by atoms with E-state index in [1.165, 1.54) is 16.7 Å². The Morgan fingerprint density at radius 3 is 2.44 bits per heavy atom. The van der Waals surface area contributed by atoms with Crippen molar-refractivity contribution in [2.45, 2.75) is 33.2 Å². The Morgan fingerprint density at radius 1 is 1.17 bits per heavy atom. The van der Waals surface area contributed by atoms with Crippen LogP contribution in [0.15, 0.2) is 18.2 Å². The quantitative estimate of drug-likeness (QED) is 0.697. The summed E-state index contributed by atoms with van der Waals surface area (Å²) < 4.78 is 5.22. The van der Waals surface area contributed by atoms with E-state index in [0.29, 0.717) is 19.3 Å². The van der Waals surface area contributed by atoms with E-state index < -0.39 is 0 Å². The molecule has 1 atom stereocenters. The van der Waals surface area contributed by atoms with Gasteiger partial charge in [-0.15, -0.1) is 0 Å². The van der Waals surface area contributed by atoms with E-state index in [2.05, 4.69) is 44.3 Å². The highest BCUT2D eigenvalue weighted by molar-refractivity contribution is 5.30. The van der Waals surface area contributed by atoms with Crippen molar-refractivity contribution in [2.24, 2.45) is 0 Å². The SMILES string of the molecule is Cc1cc(C)cc(C(C)NCCCOCCO)c1. The molecule has 0 radical (unpaired) electrons. The number of rotatable bonds is 8. The van der Waals surface area contributed by atoms with Crippen LogP contribution in [0.25, 0.3) is 0 Å². The Balaban J connectivity index is 2.29. The standard InChI is InChI=1S/C15H25NO2/c1-12-9-13(2)11-15(10-12)14(3)16-5-4-7-18-8-6-17/h9-11,14,16-17H,4-8H2,1-3H3. The molecule has 0 saturated carbocycles. The highest BCUT2D eigenvalue weighted by Gasteiger charge is 2.05. The predicted molar refractivity (Wildman–Crippen MR) is 74.9 cm³/mol. The molecule has 0 spiro atoms. The van der Waals surface area contributed by atoms with Gasteiger partial charge >= 0.3 is 0 Å². The first-order chi connectivity index (χ1) is 8.63. The molecule has 0 aromatic heterocycles. The van der Waals surface area contributed by atoms with Crippen molar-refractivity contribution in [3.05, 3.63) is 34.9 Å². The number of ether oxygens (including phenoxy) is 1. The molecule has 0 aliphatic carbocycles. The van der Waals surface area contributed by atoms with Gasteiger partial charge in [0.25, 0.3) is 0 Å². The third kappa shape index (κ3) is 5.63. The first-order valence-corrected chi connectivity index (χ1v) is 6.63. The van der Waals surface area contributed by atoms with Crippen LogP contribution in [0, 0.1) is 13.8 Å². The van der Waals surface area contributed by atoms with Gasteiger partial charge in [-0.1, -0.05) is 29.3 Å². The number of nitrogens with one attached hydrogen (secondary N) is 1. The molecule has 0 saturated heterocycles.